The van der Waals surface area contributed by atoms with E-state index in [-0.39, 0.29) is 5.75 Å². The molecule has 0 saturated carbocycles. The summed E-state index contributed by atoms with van der Waals surface area (Å²) in [5, 5.41) is 9.22. The first kappa shape index (κ1) is 19.6. The topological polar surface area (TPSA) is 83.5 Å². The van der Waals surface area contributed by atoms with Gasteiger partial charge in [-0.15, -0.1) is 0 Å². The first-order valence-electron chi connectivity index (χ1n) is 8.21. The van der Waals surface area contributed by atoms with Crippen LogP contribution in [0.1, 0.15) is 57.4 Å². The third kappa shape index (κ3) is 8.71. The Bertz CT molecular complexity index is 557. The normalized spacial score (nSPS) is 12.9. The Labute approximate surface area is 139 Å². The lowest BCUT2D eigenvalue weighted by molar-refractivity contribution is -0.139. The van der Waals surface area contributed by atoms with Crippen LogP contribution in [0.15, 0.2) is 30.3 Å². The van der Waals surface area contributed by atoms with Crippen molar-refractivity contribution in [3.8, 4) is 0 Å². The summed E-state index contributed by atoms with van der Waals surface area (Å²) in [4.78, 5) is 11.3. The number of unbranched alkanes of at least 4 members (excludes halogenated alkanes) is 5. The van der Waals surface area contributed by atoms with E-state index in [1.807, 2.05) is 6.07 Å². The molecule has 23 heavy (non-hydrogen) atoms. The number of carboxylic acid groups (broad SMARTS) is 1. The number of nitrogens with one attached hydrogen (secondary N) is 1. The molecule has 0 bridgehead atoms. The summed E-state index contributed by atoms with van der Waals surface area (Å²) in [6.07, 6.45) is 6.54. The van der Waals surface area contributed by atoms with Crippen molar-refractivity contribution in [3.05, 3.63) is 35.9 Å². The predicted molar refractivity (Wildman–Crippen MR) is 91.6 cm³/mol. The van der Waals surface area contributed by atoms with Crippen LogP contribution in [0, 0.1) is 0 Å². The Hall–Kier alpha value is -1.40. The monoisotopic (exact) mass is 341 g/mol. The summed E-state index contributed by atoms with van der Waals surface area (Å²) >= 11 is 0. The summed E-state index contributed by atoms with van der Waals surface area (Å²) < 4.78 is 26.5. The van der Waals surface area contributed by atoms with E-state index in [1.165, 1.54) is 6.42 Å². The summed E-state index contributed by atoms with van der Waals surface area (Å²) in [5.74, 6) is -1.32. The zero-order chi connectivity index (χ0) is 17.1. The molecule has 0 aliphatic heterocycles. The first-order valence-corrected chi connectivity index (χ1v) is 9.86. The number of aliphatic carboxylic acids is 1. The molecule has 0 radical (unpaired) electrons. The van der Waals surface area contributed by atoms with Crippen molar-refractivity contribution >= 4 is 16.0 Å². The van der Waals surface area contributed by atoms with Crippen LogP contribution < -0.4 is 4.72 Å². The molecule has 2 N–H and O–H groups in total. The van der Waals surface area contributed by atoms with E-state index in [9.17, 15) is 18.3 Å². The van der Waals surface area contributed by atoms with E-state index >= 15 is 0 Å². The molecule has 6 heteroatoms. The summed E-state index contributed by atoms with van der Waals surface area (Å²) in [7, 11) is -3.66. The molecule has 5 nitrogen and oxygen atoms in total. The van der Waals surface area contributed by atoms with Gasteiger partial charge in [-0.2, -0.15) is 0 Å². The predicted octanol–water partition coefficient (Wildman–Crippen LogP) is 3.31. The average molecular weight is 341 g/mol. The van der Waals surface area contributed by atoms with Gasteiger partial charge in [0.1, 0.15) is 6.04 Å². The molecule has 1 unspecified atom stereocenters. The van der Waals surface area contributed by atoms with Gasteiger partial charge in [0, 0.05) is 0 Å². The first-order chi connectivity index (χ1) is 10.9. The lowest BCUT2D eigenvalue weighted by Gasteiger charge is -2.15. The molecule has 0 aliphatic carbocycles. The Morgan fingerprint density at radius 2 is 1.70 bits per heavy atom. The van der Waals surface area contributed by atoms with Crippen molar-refractivity contribution in [1.82, 2.24) is 4.72 Å². The van der Waals surface area contributed by atoms with Gasteiger partial charge in [0.05, 0.1) is 5.75 Å². The molecule has 0 heterocycles. The van der Waals surface area contributed by atoms with Gasteiger partial charge in [-0.1, -0.05) is 75.8 Å². The van der Waals surface area contributed by atoms with Crippen LogP contribution in [-0.2, 0) is 20.6 Å². The molecule has 0 fully saturated rings. The molecule has 1 rings (SSSR count). The number of carboxylic acids is 1. The number of benzene rings is 1. The highest BCUT2D eigenvalue weighted by atomic mass is 32.2. The van der Waals surface area contributed by atoms with Crippen LogP contribution in [0.25, 0.3) is 0 Å². The zero-order valence-corrected chi connectivity index (χ0v) is 14.5. The van der Waals surface area contributed by atoms with Crippen molar-refractivity contribution in [1.29, 1.82) is 0 Å². The zero-order valence-electron chi connectivity index (χ0n) is 13.7. The fraction of sp³-hybridized carbons (Fsp3) is 0.588. The highest BCUT2D eigenvalue weighted by Gasteiger charge is 2.23. The van der Waals surface area contributed by atoms with Crippen LogP contribution in [0.4, 0.5) is 0 Å². The van der Waals surface area contributed by atoms with E-state index in [0.29, 0.717) is 18.4 Å². The van der Waals surface area contributed by atoms with Gasteiger partial charge < -0.3 is 5.11 Å². The fourth-order valence-corrected chi connectivity index (χ4v) is 3.78. The van der Waals surface area contributed by atoms with Crippen molar-refractivity contribution < 1.29 is 18.3 Å². The lowest BCUT2D eigenvalue weighted by Crippen LogP contribution is -2.41. The summed E-state index contributed by atoms with van der Waals surface area (Å²) in [6, 6.07) is 7.70. The molecule has 1 aromatic rings. The van der Waals surface area contributed by atoms with Gasteiger partial charge in [-0.3, -0.25) is 4.79 Å². The highest BCUT2D eigenvalue weighted by Crippen LogP contribution is 2.11. The molecular weight excluding hydrogens is 314 g/mol. The smallest absolute Gasteiger partial charge is 0.321 e. The van der Waals surface area contributed by atoms with Crippen LogP contribution in [0.5, 0.6) is 0 Å². The highest BCUT2D eigenvalue weighted by molar-refractivity contribution is 7.88. The second kappa shape index (κ2) is 10.4. The molecule has 1 aromatic carbocycles. The Balaban J connectivity index is 2.46. The van der Waals surface area contributed by atoms with E-state index in [1.54, 1.807) is 24.3 Å². The van der Waals surface area contributed by atoms with Gasteiger partial charge in [0.15, 0.2) is 0 Å². The fourth-order valence-electron chi connectivity index (χ4n) is 2.41. The molecule has 0 amide bonds. The van der Waals surface area contributed by atoms with Crippen molar-refractivity contribution in [2.45, 2.75) is 63.7 Å². The van der Waals surface area contributed by atoms with Crippen LogP contribution in [0.3, 0.4) is 0 Å². The van der Waals surface area contributed by atoms with Crippen LogP contribution in [0.2, 0.25) is 0 Å². The minimum atomic E-state index is -3.66. The van der Waals surface area contributed by atoms with E-state index in [0.717, 1.165) is 25.7 Å². The lowest BCUT2D eigenvalue weighted by atomic mass is 10.1. The second-order valence-electron chi connectivity index (χ2n) is 5.81. The molecule has 0 aliphatic rings. The third-order valence-electron chi connectivity index (χ3n) is 3.67. The molecule has 130 valence electrons. The quantitative estimate of drug-likeness (QED) is 0.571. The molecule has 0 aromatic heterocycles. The SMILES string of the molecule is CCCCCCCCC(NS(=O)(=O)Cc1ccccc1)C(=O)O. The number of rotatable bonds is 12. The van der Waals surface area contributed by atoms with Crippen molar-refractivity contribution in [2.24, 2.45) is 0 Å². The van der Waals surface area contributed by atoms with E-state index in [2.05, 4.69) is 11.6 Å². The largest absolute Gasteiger partial charge is 0.480 e. The Morgan fingerprint density at radius 3 is 2.30 bits per heavy atom. The summed E-state index contributed by atoms with van der Waals surface area (Å²) in [6.45, 7) is 2.14. The standard InChI is InChI=1S/C17H27NO4S/c1-2-3-4-5-6-10-13-16(17(19)20)18-23(21,22)14-15-11-8-7-9-12-15/h7-9,11-12,16,18H,2-6,10,13-14H2,1H3,(H,19,20). The van der Waals surface area contributed by atoms with Gasteiger partial charge >= 0.3 is 5.97 Å². The maximum Gasteiger partial charge on any atom is 0.321 e. The van der Waals surface area contributed by atoms with Crippen molar-refractivity contribution in [2.75, 3.05) is 0 Å². The van der Waals surface area contributed by atoms with Crippen LogP contribution in [-0.4, -0.2) is 25.5 Å². The number of carbonyl (C=O) groups is 1. The number of hydrogen-bond donors (Lipinski definition) is 2. The minimum absolute atomic E-state index is 0.200. The molecule has 1 atom stereocenters. The molecule has 0 spiro atoms. The summed E-state index contributed by atoms with van der Waals surface area (Å²) in [5.41, 5.74) is 0.642. The van der Waals surface area contributed by atoms with E-state index < -0.39 is 22.0 Å². The van der Waals surface area contributed by atoms with Gasteiger partial charge in [-0.05, 0) is 12.0 Å². The Kier molecular flexibility index (Phi) is 8.87. The maximum absolute atomic E-state index is 12.1. The second-order valence-corrected chi connectivity index (χ2v) is 7.56. The van der Waals surface area contributed by atoms with Gasteiger partial charge in [0.25, 0.3) is 0 Å². The third-order valence-corrected chi connectivity index (χ3v) is 5.02. The molecular formula is C17H27NO4S. The molecule has 0 saturated heterocycles. The van der Waals surface area contributed by atoms with Gasteiger partial charge in [0.2, 0.25) is 10.0 Å². The van der Waals surface area contributed by atoms with Gasteiger partial charge in [-0.25, -0.2) is 13.1 Å². The number of hydrogen-bond acceptors (Lipinski definition) is 3. The Morgan fingerprint density at radius 1 is 1.09 bits per heavy atom. The van der Waals surface area contributed by atoms with Crippen molar-refractivity contribution in [3.63, 3.8) is 0 Å². The van der Waals surface area contributed by atoms with E-state index in [4.69, 9.17) is 0 Å². The number of sulfonamides is 1. The van der Waals surface area contributed by atoms with Crippen LogP contribution >= 0.6 is 0 Å². The average Bonchev–Trinajstić information content (AvgIpc) is 2.49. The maximum atomic E-state index is 12.1. The minimum Gasteiger partial charge on any atom is -0.480 e.